The Morgan fingerprint density at radius 3 is 2.90 bits per heavy atom. The van der Waals surface area contributed by atoms with Gasteiger partial charge in [-0.15, -0.1) is 0 Å². The van der Waals surface area contributed by atoms with Gasteiger partial charge in [0.15, 0.2) is 0 Å². The maximum absolute atomic E-state index is 12.4. The number of nitrogens with one attached hydrogen (secondary N) is 1. The SMILES string of the molecule is CC(Cn1cccn1)NC(=O)c1cccc2cccnc12. The number of carbonyl (C=O) groups excluding carboxylic acids is 1. The van der Waals surface area contributed by atoms with Gasteiger partial charge in [0.1, 0.15) is 0 Å². The number of hydrogen-bond acceptors (Lipinski definition) is 3. The van der Waals surface area contributed by atoms with E-state index in [4.69, 9.17) is 0 Å². The van der Waals surface area contributed by atoms with Crippen LogP contribution >= 0.6 is 0 Å². The third kappa shape index (κ3) is 2.91. The zero-order chi connectivity index (χ0) is 14.7. The summed E-state index contributed by atoms with van der Waals surface area (Å²) in [6.07, 6.45) is 5.30. The highest BCUT2D eigenvalue weighted by Gasteiger charge is 2.13. The molecule has 1 aromatic carbocycles. The lowest BCUT2D eigenvalue weighted by Crippen LogP contribution is -2.35. The molecule has 0 saturated heterocycles. The Morgan fingerprint density at radius 2 is 2.10 bits per heavy atom. The minimum Gasteiger partial charge on any atom is -0.348 e. The van der Waals surface area contributed by atoms with Crippen molar-refractivity contribution in [2.45, 2.75) is 19.5 Å². The molecule has 5 nitrogen and oxygen atoms in total. The van der Waals surface area contributed by atoms with Gasteiger partial charge < -0.3 is 5.32 Å². The predicted octanol–water partition coefficient (Wildman–Crippen LogP) is 2.25. The molecule has 3 rings (SSSR count). The second-order valence-electron chi connectivity index (χ2n) is 4.98. The van der Waals surface area contributed by atoms with Crippen LogP contribution in [0.15, 0.2) is 55.0 Å². The second kappa shape index (κ2) is 5.75. The third-order valence-electron chi connectivity index (χ3n) is 3.27. The molecule has 106 valence electrons. The minimum absolute atomic E-state index is 0.0173. The minimum atomic E-state index is -0.112. The van der Waals surface area contributed by atoms with E-state index in [0.717, 1.165) is 10.9 Å². The van der Waals surface area contributed by atoms with Crippen molar-refractivity contribution in [1.29, 1.82) is 0 Å². The first kappa shape index (κ1) is 13.3. The van der Waals surface area contributed by atoms with Crippen molar-refractivity contribution in [2.24, 2.45) is 0 Å². The number of nitrogens with zero attached hydrogens (tertiary/aromatic N) is 3. The highest BCUT2D eigenvalue weighted by Crippen LogP contribution is 2.15. The van der Waals surface area contributed by atoms with Crippen LogP contribution in [-0.2, 0) is 6.54 Å². The molecule has 3 aromatic rings. The van der Waals surface area contributed by atoms with Crippen molar-refractivity contribution < 1.29 is 4.79 Å². The topological polar surface area (TPSA) is 59.8 Å². The summed E-state index contributed by atoms with van der Waals surface area (Å²) in [5.74, 6) is -0.112. The summed E-state index contributed by atoms with van der Waals surface area (Å²) in [5.41, 5.74) is 1.32. The molecule has 0 aliphatic heterocycles. The third-order valence-corrected chi connectivity index (χ3v) is 3.27. The van der Waals surface area contributed by atoms with Crippen molar-refractivity contribution in [3.05, 3.63) is 60.6 Å². The molecule has 0 spiro atoms. The summed E-state index contributed by atoms with van der Waals surface area (Å²) in [4.78, 5) is 16.7. The molecule has 21 heavy (non-hydrogen) atoms. The molecule has 0 fully saturated rings. The molecule has 0 aliphatic rings. The lowest BCUT2D eigenvalue weighted by Gasteiger charge is -2.14. The van der Waals surface area contributed by atoms with E-state index in [2.05, 4.69) is 15.4 Å². The monoisotopic (exact) mass is 280 g/mol. The summed E-state index contributed by atoms with van der Waals surface area (Å²) in [6, 6.07) is 11.3. The fourth-order valence-corrected chi connectivity index (χ4v) is 2.32. The normalized spacial score (nSPS) is 12.2. The van der Waals surface area contributed by atoms with Gasteiger partial charge in [-0.3, -0.25) is 14.5 Å². The second-order valence-corrected chi connectivity index (χ2v) is 4.98. The van der Waals surface area contributed by atoms with E-state index >= 15 is 0 Å². The van der Waals surface area contributed by atoms with Crippen LogP contribution in [0.5, 0.6) is 0 Å². The largest absolute Gasteiger partial charge is 0.348 e. The van der Waals surface area contributed by atoms with E-state index < -0.39 is 0 Å². The first-order valence-electron chi connectivity index (χ1n) is 6.86. The van der Waals surface area contributed by atoms with E-state index in [9.17, 15) is 4.79 Å². The summed E-state index contributed by atoms with van der Waals surface area (Å²) >= 11 is 0. The van der Waals surface area contributed by atoms with Crippen LogP contribution < -0.4 is 5.32 Å². The Kier molecular flexibility index (Phi) is 3.64. The van der Waals surface area contributed by atoms with Crippen LogP contribution in [0.1, 0.15) is 17.3 Å². The van der Waals surface area contributed by atoms with Gasteiger partial charge in [-0.2, -0.15) is 5.10 Å². The lowest BCUT2D eigenvalue weighted by atomic mass is 10.1. The molecule has 1 amide bonds. The average Bonchev–Trinajstić information content (AvgIpc) is 2.99. The van der Waals surface area contributed by atoms with E-state index in [1.54, 1.807) is 23.1 Å². The molecule has 0 bridgehead atoms. The van der Waals surface area contributed by atoms with E-state index in [1.807, 2.05) is 43.5 Å². The van der Waals surface area contributed by atoms with E-state index in [-0.39, 0.29) is 11.9 Å². The van der Waals surface area contributed by atoms with Gasteiger partial charge >= 0.3 is 0 Å². The van der Waals surface area contributed by atoms with Crippen molar-refractivity contribution in [3.63, 3.8) is 0 Å². The zero-order valence-corrected chi connectivity index (χ0v) is 11.7. The first-order valence-corrected chi connectivity index (χ1v) is 6.86. The van der Waals surface area contributed by atoms with Crippen molar-refractivity contribution in [3.8, 4) is 0 Å². The number of hydrogen-bond donors (Lipinski definition) is 1. The molecule has 2 aromatic heterocycles. The highest BCUT2D eigenvalue weighted by molar-refractivity contribution is 6.05. The standard InChI is InChI=1S/C16H16N4O/c1-12(11-20-10-4-9-18-20)19-16(21)14-7-2-5-13-6-3-8-17-15(13)14/h2-10,12H,11H2,1H3,(H,19,21). The van der Waals surface area contributed by atoms with Crippen molar-refractivity contribution >= 4 is 16.8 Å². The van der Waals surface area contributed by atoms with Gasteiger partial charge in [0.05, 0.1) is 17.6 Å². The quantitative estimate of drug-likeness (QED) is 0.797. The number of aromatic nitrogens is 3. The predicted molar refractivity (Wildman–Crippen MR) is 80.9 cm³/mol. The Bertz CT molecular complexity index is 747. The number of para-hydroxylation sites is 1. The number of pyridine rings is 1. The molecular formula is C16H16N4O. The van der Waals surface area contributed by atoms with Gasteiger partial charge in [-0.1, -0.05) is 18.2 Å². The highest BCUT2D eigenvalue weighted by atomic mass is 16.1. The number of fused-ring (bicyclic) bond motifs is 1. The van der Waals surface area contributed by atoms with Gasteiger partial charge in [-0.25, -0.2) is 0 Å². The van der Waals surface area contributed by atoms with Crippen LogP contribution in [0.3, 0.4) is 0 Å². The molecule has 0 radical (unpaired) electrons. The number of rotatable bonds is 4. The van der Waals surface area contributed by atoms with Crippen LogP contribution in [0.25, 0.3) is 10.9 Å². The molecular weight excluding hydrogens is 264 g/mol. The Labute approximate surface area is 122 Å². The fourth-order valence-electron chi connectivity index (χ4n) is 2.32. The fraction of sp³-hybridized carbons (Fsp3) is 0.188. The van der Waals surface area contributed by atoms with Crippen LogP contribution in [-0.4, -0.2) is 26.7 Å². The number of benzene rings is 1. The maximum Gasteiger partial charge on any atom is 0.253 e. The summed E-state index contributed by atoms with van der Waals surface area (Å²) in [5, 5.41) is 8.09. The van der Waals surface area contributed by atoms with Crippen LogP contribution in [0, 0.1) is 0 Å². The van der Waals surface area contributed by atoms with Crippen LogP contribution in [0.4, 0.5) is 0 Å². The zero-order valence-electron chi connectivity index (χ0n) is 11.7. The molecule has 1 unspecified atom stereocenters. The van der Waals surface area contributed by atoms with Gasteiger partial charge in [0.25, 0.3) is 5.91 Å². The Morgan fingerprint density at radius 1 is 1.24 bits per heavy atom. The van der Waals surface area contributed by atoms with Crippen LogP contribution in [0.2, 0.25) is 0 Å². The summed E-state index contributed by atoms with van der Waals surface area (Å²) in [7, 11) is 0. The lowest BCUT2D eigenvalue weighted by molar-refractivity contribution is 0.0937. The van der Waals surface area contributed by atoms with Crippen molar-refractivity contribution in [2.75, 3.05) is 0 Å². The molecule has 1 atom stereocenters. The number of amides is 1. The molecule has 1 N–H and O–H groups in total. The summed E-state index contributed by atoms with van der Waals surface area (Å²) in [6.45, 7) is 2.59. The Hall–Kier alpha value is -2.69. The van der Waals surface area contributed by atoms with Gasteiger partial charge in [0, 0.05) is 30.0 Å². The first-order chi connectivity index (χ1) is 10.2. The molecule has 0 aliphatic carbocycles. The van der Waals surface area contributed by atoms with Gasteiger partial charge in [-0.05, 0) is 25.1 Å². The number of carbonyl (C=O) groups is 1. The Balaban J connectivity index is 1.78. The van der Waals surface area contributed by atoms with E-state index in [1.165, 1.54) is 0 Å². The average molecular weight is 280 g/mol. The van der Waals surface area contributed by atoms with Crippen molar-refractivity contribution in [1.82, 2.24) is 20.1 Å². The maximum atomic E-state index is 12.4. The molecule has 5 heteroatoms. The van der Waals surface area contributed by atoms with E-state index in [0.29, 0.717) is 12.1 Å². The van der Waals surface area contributed by atoms with Gasteiger partial charge in [0.2, 0.25) is 0 Å². The molecule has 0 saturated carbocycles. The smallest absolute Gasteiger partial charge is 0.253 e. The summed E-state index contributed by atoms with van der Waals surface area (Å²) < 4.78 is 1.80. The molecule has 2 heterocycles.